The van der Waals surface area contributed by atoms with E-state index in [-0.39, 0.29) is 32.0 Å². The first-order valence-corrected chi connectivity index (χ1v) is 40.0. The molecule has 0 aromatic carbocycles. The number of allylic oxidation sites excluding steroid dienone is 24. The van der Waals surface area contributed by atoms with Crippen LogP contribution in [0.2, 0.25) is 0 Å². The Hall–Kier alpha value is -4.11. The molecule has 0 aliphatic carbocycles. The third kappa shape index (κ3) is 76.9. The summed E-state index contributed by atoms with van der Waals surface area (Å²) >= 11 is 0. The van der Waals surface area contributed by atoms with E-state index in [4.69, 9.17) is 18.5 Å². The standard InChI is InChI=1S/C84H144NO8P/c1-6-8-10-12-14-16-18-20-22-24-26-28-30-32-34-36-38-39-40-41-42-43-44-45-47-48-50-52-54-56-58-60-62-64-66-68-70-72-74-76-83(86)90-80-82(81-92-94(88,89)91-79-78-85(3,4)5)93-84(87)77-75-73-71-69-67-65-63-61-59-57-55-53-51-49-46-37-35-33-31-29-27-25-23-21-19-17-15-13-11-9-7-2/h8-11,14-17,20-23,26-29,33,35,46,49,53,55,59,61,82H,6-7,12-13,18-19,24-25,30-32,34,36-45,47-48,50-52,54,56-58,60,62-81H2,1-5H3/b10-8-,11-9-,16-14-,17-15-,22-20-,23-21-,28-26-,29-27-,35-33-,49-46-,55-53-,61-59-. The van der Waals surface area contributed by atoms with Crippen molar-refractivity contribution in [3.8, 4) is 0 Å². The van der Waals surface area contributed by atoms with E-state index in [2.05, 4.69) is 160 Å². The Balaban J connectivity index is 4.01. The van der Waals surface area contributed by atoms with Gasteiger partial charge in [-0.15, -0.1) is 0 Å². The van der Waals surface area contributed by atoms with Gasteiger partial charge in [-0.25, -0.2) is 0 Å². The molecule has 0 rings (SSSR count). The number of unbranched alkanes of at least 4 members (excludes halogenated alkanes) is 32. The first kappa shape index (κ1) is 89.9. The number of carbonyl (C=O) groups is 2. The third-order valence-electron chi connectivity index (χ3n) is 16.4. The Labute approximate surface area is 580 Å². The highest BCUT2D eigenvalue weighted by molar-refractivity contribution is 7.45. The lowest BCUT2D eigenvalue weighted by molar-refractivity contribution is -0.870. The van der Waals surface area contributed by atoms with Crippen molar-refractivity contribution in [2.45, 2.75) is 328 Å². The summed E-state index contributed by atoms with van der Waals surface area (Å²) in [5.74, 6) is -0.847. The second-order valence-electron chi connectivity index (χ2n) is 26.6. The number of rotatable bonds is 70. The molecule has 0 aliphatic rings. The molecule has 2 unspecified atom stereocenters. The third-order valence-corrected chi connectivity index (χ3v) is 17.3. The minimum atomic E-state index is -4.66. The van der Waals surface area contributed by atoms with Gasteiger partial charge < -0.3 is 27.9 Å². The molecule has 10 heteroatoms. The molecule has 0 amide bonds. The molecular formula is C84H144NO8P. The Morgan fingerprint density at radius 3 is 0.851 bits per heavy atom. The summed E-state index contributed by atoms with van der Waals surface area (Å²) in [6.45, 7) is 4.01. The van der Waals surface area contributed by atoms with E-state index in [1.54, 1.807) is 0 Å². The van der Waals surface area contributed by atoms with Gasteiger partial charge in [0.2, 0.25) is 0 Å². The lowest BCUT2D eigenvalue weighted by atomic mass is 10.0. The Kier molecular flexibility index (Phi) is 69.9. The van der Waals surface area contributed by atoms with Crippen LogP contribution in [0.3, 0.4) is 0 Å². The van der Waals surface area contributed by atoms with Gasteiger partial charge in [0.05, 0.1) is 27.7 Å². The van der Waals surface area contributed by atoms with Crippen molar-refractivity contribution >= 4 is 19.8 Å². The number of hydrogen-bond donors (Lipinski definition) is 0. The van der Waals surface area contributed by atoms with E-state index >= 15 is 0 Å². The molecule has 0 aromatic rings. The van der Waals surface area contributed by atoms with E-state index in [9.17, 15) is 19.0 Å². The minimum absolute atomic E-state index is 0.0393. The molecule has 0 heterocycles. The average molecular weight is 1330 g/mol. The van der Waals surface area contributed by atoms with Crippen LogP contribution in [0.4, 0.5) is 0 Å². The van der Waals surface area contributed by atoms with Crippen LogP contribution in [0.15, 0.2) is 146 Å². The molecule has 0 bridgehead atoms. The minimum Gasteiger partial charge on any atom is -0.756 e. The van der Waals surface area contributed by atoms with E-state index in [0.29, 0.717) is 17.4 Å². The highest BCUT2D eigenvalue weighted by Crippen LogP contribution is 2.38. The number of nitrogens with zero attached hydrogens (tertiary/aromatic N) is 1. The van der Waals surface area contributed by atoms with Crippen LogP contribution in [0.1, 0.15) is 322 Å². The van der Waals surface area contributed by atoms with Gasteiger partial charge in [-0.2, -0.15) is 0 Å². The van der Waals surface area contributed by atoms with Crippen LogP contribution in [0.5, 0.6) is 0 Å². The van der Waals surface area contributed by atoms with Crippen LogP contribution in [0.25, 0.3) is 0 Å². The highest BCUT2D eigenvalue weighted by atomic mass is 31.2. The zero-order chi connectivity index (χ0) is 68.3. The topological polar surface area (TPSA) is 111 Å². The second-order valence-corrected chi connectivity index (χ2v) is 28.0. The number of quaternary nitrogens is 1. The van der Waals surface area contributed by atoms with Crippen molar-refractivity contribution in [1.29, 1.82) is 0 Å². The van der Waals surface area contributed by atoms with Gasteiger partial charge in [-0.05, 0) is 116 Å². The van der Waals surface area contributed by atoms with Crippen molar-refractivity contribution in [2.75, 3.05) is 47.5 Å². The maximum atomic E-state index is 12.9. The number of ether oxygens (including phenoxy) is 2. The van der Waals surface area contributed by atoms with Crippen LogP contribution < -0.4 is 4.89 Å². The number of esters is 2. The Morgan fingerprint density at radius 1 is 0.330 bits per heavy atom. The van der Waals surface area contributed by atoms with E-state index in [1.807, 2.05) is 21.1 Å². The fourth-order valence-corrected chi connectivity index (χ4v) is 11.3. The van der Waals surface area contributed by atoms with Gasteiger partial charge in [0, 0.05) is 12.8 Å². The molecule has 0 saturated carbocycles. The quantitative estimate of drug-likeness (QED) is 0.0195. The molecule has 0 aromatic heterocycles. The van der Waals surface area contributed by atoms with Crippen molar-refractivity contribution in [2.24, 2.45) is 0 Å². The maximum Gasteiger partial charge on any atom is 0.306 e. The predicted octanol–water partition coefficient (Wildman–Crippen LogP) is 25.1. The normalized spacial score (nSPS) is 13.9. The van der Waals surface area contributed by atoms with Crippen molar-refractivity contribution in [3.63, 3.8) is 0 Å². The summed E-state index contributed by atoms with van der Waals surface area (Å²) < 4.78 is 34.4. The number of phosphoric ester groups is 1. The van der Waals surface area contributed by atoms with E-state index in [1.165, 1.54) is 154 Å². The molecule has 9 nitrogen and oxygen atoms in total. The second kappa shape index (κ2) is 73.1. The smallest absolute Gasteiger partial charge is 0.306 e. The van der Waals surface area contributed by atoms with Crippen LogP contribution in [-0.4, -0.2) is 70.0 Å². The maximum absolute atomic E-state index is 12.9. The van der Waals surface area contributed by atoms with Gasteiger partial charge >= 0.3 is 11.9 Å². The molecule has 0 radical (unpaired) electrons. The van der Waals surface area contributed by atoms with E-state index in [0.717, 1.165) is 135 Å². The molecular weight excluding hydrogens is 1180 g/mol. The van der Waals surface area contributed by atoms with Gasteiger partial charge in [-0.1, -0.05) is 339 Å². The summed E-state index contributed by atoms with van der Waals surface area (Å²) in [5.41, 5.74) is 0. The molecule has 94 heavy (non-hydrogen) atoms. The van der Waals surface area contributed by atoms with E-state index < -0.39 is 26.5 Å². The summed E-state index contributed by atoms with van der Waals surface area (Å²) in [6.07, 6.45) is 108. The van der Waals surface area contributed by atoms with Gasteiger partial charge in [0.25, 0.3) is 7.82 Å². The lowest BCUT2D eigenvalue weighted by Gasteiger charge is -2.28. The number of hydrogen-bond acceptors (Lipinski definition) is 8. The largest absolute Gasteiger partial charge is 0.756 e. The summed E-state index contributed by atoms with van der Waals surface area (Å²) in [4.78, 5) is 38.1. The zero-order valence-electron chi connectivity index (χ0n) is 61.4. The molecule has 0 spiro atoms. The predicted molar refractivity (Wildman–Crippen MR) is 406 cm³/mol. The van der Waals surface area contributed by atoms with Crippen LogP contribution in [0, 0.1) is 0 Å². The molecule has 538 valence electrons. The van der Waals surface area contributed by atoms with Crippen molar-refractivity contribution < 1.29 is 42.1 Å². The number of carbonyl (C=O) groups excluding carboxylic acids is 2. The molecule has 0 N–H and O–H groups in total. The van der Waals surface area contributed by atoms with Crippen molar-refractivity contribution in [3.05, 3.63) is 146 Å². The Morgan fingerprint density at radius 2 is 0.574 bits per heavy atom. The lowest BCUT2D eigenvalue weighted by Crippen LogP contribution is -2.37. The fourth-order valence-electron chi connectivity index (χ4n) is 10.5. The zero-order valence-corrected chi connectivity index (χ0v) is 62.3. The van der Waals surface area contributed by atoms with Gasteiger partial charge in [-0.3, -0.25) is 14.2 Å². The molecule has 0 fully saturated rings. The van der Waals surface area contributed by atoms with Gasteiger partial charge in [0.1, 0.15) is 19.8 Å². The number of phosphoric acid groups is 1. The first-order chi connectivity index (χ1) is 46.0. The molecule has 0 aliphatic heterocycles. The molecule has 0 saturated heterocycles. The summed E-state index contributed by atoms with van der Waals surface area (Å²) in [5, 5.41) is 0. The van der Waals surface area contributed by atoms with Crippen LogP contribution >= 0.6 is 7.82 Å². The molecule has 2 atom stereocenters. The SMILES string of the molecule is CC/C=C\C/C=C\C/C=C\C/C=C\C/C=C\C/C=C\C/C=C\C/C=C\CCCCCCCCC(=O)OC(COC(=O)CCCCCCCCCCCCCCCCCCCCCCCCCCCC/C=C\C/C=C\C/C=C\C/C=C\CC)COP(=O)([O-])OCC[N+](C)(C)C. The van der Waals surface area contributed by atoms with Gasteiger partial charge in [0.15, 0.2) is 6.10 Å². The fraction of sp³-hybridized carbons (Fsp3) is 0.690. The monoisotopic (exact) mass is 1330 g/mol. The summed E-state index contributed by atoms with van der Waals surface area (Å²) in [7, 11) is 1.15. The number of likely N-dealkylation sites (N-methyl/N-ethyl adjacent to an activating group) is 1. The highest BCUT2D eigenvalue weighted by Gasteiger charge is 2.22. The summed E-state index contributed by atoms with van der Waals surface area (Å²) in [6, 6.07) is 0. The van der Waals surface area contributed by atoms with Crippen molar-refractivity contribution in [1.82, 2.24) is 0 Å². The Bertz CT molecular complexity index is 2100. The van der Waals surface area contributed by atoms with Crippen LogP contribution in [-0.2, 0) is 32.7 Å². The first-order valence-electron chi connectivity index (χ1n) is 38.5. The average Bonchev–Trinajstić information content (AvgIpc) is 1.66.